The number of aromatic nitrogens is 1. The molecule has 0 saturated carbocycles. The average Bonchev–Trinajstić information content (AvgIpc) is 2.93. The highest BCUT2D eigenvalue weighted by atomic mass is 19.1. The zero-order valence-electron chi connectivity index (χ0n) is 19.0. The molecule has 0 aliphatic carbocycles. The highest BCUT2D eigenvalue weighted by Crippen LogP contribution is 2.30. The summed E-state index contributed by atoms with van der Waals surface area (Å²) in [6.45, 7) is 0. The van der Waals surface area contributed by atoms with Gasteiger partial charge in [-0.3, -0.25) is 0 Å². The van der Waals surface area contributed by atoms with Gasteiger partial charge in [0, 0.05) is 10.9 Å². The second-order valence-electron chi connectivity index (χ2n) is 8.64. The Bertz CT molecular complexity index is 1630. The molecule has 0 aliphatic heterocycles. The van der Waals surface area contributed by atoms with Gasteiger partial charge in [0.1, 0.15) is 5.82 Å². The molecule has 1 heterocycles. The fourth-order valence-electron chi connectivity index (χ4n) is 4.46. The number of hydrogen-bond donors (Lipinski definition) is 0. The summed E-state index contributed by atoms with van der Waals surface area (Å²) in [6.07, 6.45) is 0. The maximum atomic E-state index is 13.6. The summed E-state index contributed by atoms with van der Waals surface area (Å²) in [5.74, 6) is -0.221. The molecule has 0 saturated heterocycles. The topological polar surface area (TPSA) is 12.9 Å². The van der Waals surface area contributed by atoms with Crippen molar-refractivity contribution in [2.24, 2.45) is 0 Å². The molecule has 0 fully saturated rings. The third kappa shape index (κ3) is 4.34. The quantitative estimate of drug-likeness (QED) is 0.260. The second kappa shape index (κ2) is 9.00. The van der Waals surface area contributed by atoms with E-state index in [9.17, 15) is 4.39 Å². The van der Waals surface area contributed by atoms with Gasteiger partial charge in [0.15, 0.2) is 0 Å². The maximum Gasteiger partial charge on any atom is 0.123 e. The van der Waals surface area contributed by atoms with Crippen LogP contribution in [0.2, 0.25) is 0 Å². The second-order valence-corrected chi connectivity index (χ2v) is 8.64. The van der Waals surface area contributed by atoms with Gasteiger partial charge in [-0.2, -0.15) is 0 Å². The van der Waals surface area contributed by atoms with Gasteiger partial charge >= 0.3 is 0 Å². The summed E-state index contributed by atoms with van der Waals surface area (Å²) in [4.78, 5) is 4.81. The lowest BCUT2D eigenvalue weighted by atomic mass is 9.96. The minimum Gasteiger partial charge on any atom is -0.248 e. The molecule has 0 aliphatic rings. The van der Waals surface area contributed by atoms with E-state index in [1.807, 2.05) is 36.4 Å². The Hall–Kier alpha value is -4.56. The highest BCUT2D eigenvalue weighted by molar-refractivity contribution is 5.82. The largest absolute Gasteiger partial charge is 0.248 e. The number of para-hydroxylation sites is 1. The van der Waals surface area contributed by atoms with Crippen LogP contribution in [-0.4, -0.2) is 4.98 Å². The van der Waals surface area contributed by atoms with Crippen molar-refractivity contribution >= 4 is 10.9 Å². The molecule has 1 nitrogen and oxygen atoms in total. The van der Waals surface area contributed by atoms with Gasteiger partial charge in [-0.25, -0.2) is 9.37 Å². The van der Waals surface area contributed by atoms with E-state index in [-0.39, 0.29) is 5.82 Å². The zero-order valence-corrected chi connectivity index (χ0v) is 19.0. The molecule has 0 radical (unpaired) electrons. The lowest BCUT2D eigenvalue weighted by molar-refractivity contribution is 0.628. The van der Waals surface area contributed by atoms with Crippen molar-refractivity contribution in [2.75, 3.05) is 0 Å². The molecule has 6 rings (SSSR count). The van der Waals surface area contributed by atoms with Crippen LogP contribution in [-0.2, 0) is 0 Å². The van der Waals surface area contributed by atoms with Crippen LogP contribution in [0.5, 0.6) is 0 Å². The molecule has 6 aromatic rings. The molecule has 5 aromatic carbocycles. The van der Waals surface area contributed by atoms with Crippen LogP contribution < -0.4 is 0 Å². The van der Waals surface area contributed by atoms with Crippen molar-refractivity contribution in [3.05, 3.63) is 139 Å². The Labute approximate surface area is 204 Å². The third-order valence-corrected chi connectivity index (χ3v) is 6.35. The van der Waals surface area contributed by atoms with E-state index in [2.05, 4.69) is 78.9 Å². The van der Waals surface area contributed by atoms with Gasteiger partial charge in [0.2, 0.25) is 0 Å². The first-order valence-electron chi connectivity index (χ1n) is 11.7. The van der Waals surface area contributed by atoms with Crippen LogP contribution >= 0.6 is 0 Å². The maximum absolute atomic E-state index is 13.6. The minimum absolute atomic E-state index is 0.221. The van der Waals surface area contributed by atoms with Crippen molar-refractivity contribution in [1.82, 2.24) is 4.98 Å². The summed E-state index contributed by atoms with van der Waals surface area (Å²) in [6, 6.07) is 44.4. The van der Waals surface area contributed by atoms with E-state index in [0.29, 0.717) is 0 Å². The molecular weight excluding hydrogens is 429 g/mol. The molecular formula is C33H22FN. The number of benzene rings is 5. The summed E-state index contributed by atoms with van der Waals surface area (Å²) in [5.41, 5.74) is 9.56. The molecule has 0 atom stereocenters. The van der Waals surface area contributed by atoms with Gasteiger partial charge in [-0.15, -0.1) is 0 Å². The molecule has 35 heavy (non-hydrogen) atoms. The fraction of sp³-hybridized carbons (Fsp3) is 0. The molecule has 0 amide bonds. The van der Waals surface area contributed by atoms with E-state index in [4.69, 9.17) is 4.98 Å². The summed E-state index contributed by atoms with van der Waals surface area (Å²) < 4.78 is 13.6. The van der Waals surface area contributed by atoms with E-state index >= 15 is 0 Å². The van der Waals surface area contributed by atoms with E-state index < -0.39 is 0 Å². The first-order valence-corrected chi connectivity index (χ1v) is 11.7. The lowest BCUT2D eigenvalue weighted by Gasteiger charge is -2.09. The van der Waals surface area contributed by atoms with Gasteiger partial charge in [-0.05, 0) is 63.7 Å². The monoisotopic (exact) mass is 451 g/mol. The number of hydrogen-bond acceptors (Lipinski definition) is 1. The number of rotatable bonds is 4. The van der Waals surface area contributed by atoms with Crippen LogP contribution in [0.3, 0.4) is 0 Å². The van der Waals surface area contributed by atoms with E-state index in [1.165, 1.54) is 6.07 Å². The van der Waals surface area contributed by atoms with Crippen molar-refractivity contribution in [3.8, 4) is 44.6 Å². The summed E-state index contributed by atoms with van der Waals surface area (Å²) in [5, 5.41) is 1.15. The normalized spacial score (nSPS) is 11.0. The Morgan fingerprint density at radius 3 is 1.57 bits per heavy atom. The van der Waals surface area contributed by atoms with Crippen molar-refractivity contribution in [2.45, 2.75) is 0 Å². The number of fused-ring (bicyclic) bond motifs is 1. The molecule has 2 heteroatoms. The number of nitrogens with zero attached hydrogens (tertiary/aromatic N) is 1. The Morgan fingerprint density at radius 1 is 0.400 bits per heavy atom. The van der Waals surface area contributed by atoms with Gasteiger partial charge in [-0.1, -0.05) is 103 Å². The first kappa shape index (κ1) is 21.0. The fourth-order valence-corrected chi connectivity index (χ4v) is 4.46. The van der Waals surface area contributed by atoms with Crippen molar-refractivity contribution < 1.29 is 4.39 Å². The first-order chi connectivity index (χ1) is 17.2. The highest BCUT2D eigenvalue weighted by Gasteiger charge is 2.06. The summed E-state index contributed by atoms with van der Waals surface area (Å²) >= 11 is 0. The van der Waals surface area contributed by atoms with Gasteiger partial charge in [0.05, 0.1) is 11.2 Å². The van der Waals surface area contributed by atoms with E-state index in [1.54, 1.807) is 12.1 Å². The molecule has 1 aromatic heterocycles. The number of pyridine rings is 1. The predicted octanol–water partition coefficient (Wildman–Crippen LogP) is 9.04. The van der Waals surface area contributed by atoms with Crippen LogP contribution in [0.25, 0.3) is 55.5 Å². The standard InChI is InChI=1S/C33H22FN/c34-31-9-4-8-30(22-31)25-13-11-23(12-14-25)28-6-3-7-29(21-28)24-15-17-27(18-16-24)33-20-19-26-5-1-2-10-32(26)35-33/h1-22H. The average molecular weight is 452 g/mol. The SMILES string of the molecule is Fc1cccc(-c2ccc(-c3cccc(-c4ccc(-c5ccc6ccccc6n5)cc4)c3)cc2)c1. The minimum atomic E-state index is -0.221. The molecule has 0 unspecified atom stereocenters. The van der Waals surface area contributed by atoms with Gasteiger partial charge < -0.3 is 0 Å². The third-order valence-electron chi connectivity index (χ3n) is 6.35. The van der Waals surface area contributed by atoms with Crippen LogP contribution in [0.15, 0.2) is 133 Å². The Kier molecular flexibility index (Phi) is 5.40. The van der Waals surface area contributed by atoms with E-state index in [0.717, 1.165) is 55.5 Å². The zero-order chi connectivity index (χ0) is 23.6. The molecule has 0 N–H and O–H groups in total. The molecule has 166 valence electrons. The van der Waals surface area contributed by atoms with Crippen LogP contribution in [0.4, 0.5) is 4.39 Å². The predicted molar refractivity (Wildman–Crippen MR) is 143 cm³/mol. The summed E-state index contributed by atoms with van der Waals surface area (Å²) in [7, 11) is 0. The van der Waals surface area contributed by atoms with Crippen LogP contribution in [0, 0.1) is 5.82 Å². The number of halogens is 1. The smallest absolute Gasteiger partial charge is 0.123 e. The Morgan fingerprint density at radius 2 is 0.943 bits per heavy atom. The van der Waals surface area contributed by atoms with Crippen LogP contribution in [0.1, 0.15) is 0 Å². The van der Waals surface area contributed by atoms with Crippen molar-refractivity contribution in [3.63, 3.8) is 0 Å². The molecule has 0 bridgehead atoms. The lowest BCUT2D eigenvalue weighted by Crippen LogP contribution is -1.86. The molecule has 0 spiro atoms. The van der Waals surface area contributed by atoms with Crippen molar-refractivity contribution in [1.29, 1.82) is 0 Å². The van der Waals surface area contributed by atoms with Gasteiger partial charge in [0.25, 0.3) is 0 Å². The Balaban J connectivity index is 1.26.